The van der Waals surface area contributed by atoms with Crippen molar-refractivity contribution in [2.75, 3.05) is 6.54 Å². The zero-order valence-electron chi connectivity index (χ0n) is 11.5. The highest BCUT2D eigenvalue weighted by Gasteiger charge is 2.22. The first-order valence-corrected chi connectivity index (χ1v) is 6.36. The number of rotatable bonds is 5. The van der Waals surface area contributed by atoms with Crippen molar-refractivity contribution in [3.63, 3.8) is 0 Å². The molecule has 1 heteroatoms. The van der Waals surface area contributed by atoms with Crippen molar-refractivity contribution in [3.05, 3.63) is 42.3 Å². The van der Waals surface area contributed by atoms with E-state index in [1.165, 1.54) is 5.56 Å². The van der Waals surface area contributed by atoms with Crippen molar-refractivity contribution in [2.24, 2.45) is 16.3 Å². The normalized spacial score (nSPS) is 14.1. The third-order valence-corrected chi connectivity index (χ3v) is 3.11. The van der Waals surface area contributed by atoms with Gasteiger partial charge in [-0.1, -0.05) is 58.0 Å². The van der Waals surface area contributed by atoms with Gasteiger partial charge in [0.25, 0.3) is 0 Å². The van der Waals surface area contributed by atoms with Crippen LogP contribution >= 0.6 is 0 Å². The van der Waals surface area contributed by atoms with Crippen LogP contribution in [0.4, 0.5) is 0 Å². The van der Waals surface area contributed by atoms with Crippen molar-refractivity contribution >= 4 is 6.21 Å². The highest BCUT2D eigenvalue weighted by atomic mass is 14.7. The average molecular weight is 230 g/mol. The highest BCUT2D eigenvalue weighted by Crippen LogP contribution is 2.29. The Labute approximate surface area is 106 Å². The summed E-state index contributed by atoms with van der Waals surface area (Å²) < 4.78 is 0. The van der Waals surface area contributed by atoms with Crippen LogP contribution in [0.3, 0.4) is 0 Å². The average Bonchev–Trinajstić information content (AvgIpc) is 2.28. The molecule has 1 atom stereocenters. The van der Waals surface area contributed by atoms with E-state index in [0.29, 0.717) is 11.3 Å². The Morgan fingerprint density at radius 3 is 2.35 bits per heavy atom. The van der Waals surface area contributed by atoms with Crippen LogP contribution < -0.4 is 0 Å². The maximum atomic E-state index is 4.58. The third-order valence-electron chi connectivity index (χ3n) is 3.11. The predicted octanol–water partition coefficient (Wildman–Crippen LogP) is 4.38. The van der Waals surface area contributed by atoms with Gasteiger partial charge >= 0.3 is 0 Å². The molecule has 0 heterocycles. The molecule has 1 aromatic rings. The van der Waals surface area contributed by atoms with Gasteiger partial charge in [0.15, 0.2) is 0 Å². The number of hydrogen-bond donors (Lipinski definition) is 0. The third kappa shape index (κ3) is 5.16. The van der Waals surface area contributed by atoms with Crippen molar-refractivity contribution in [2.45, 2.75) is 34.1 Å². The molecule has 0 bridgehead atoms. The summed E-state index contributed by atoms with van der Waals surface area (Å²) in [7, 11) is 0. The molecule has 0 N–H and O–H groups in total. The highest BCUT2D eigenvalue weighted by molar-refractivity contribution is 5.79. The SMILES string of the molecule is C[CH]CC(CN=Cc1ccccc1)C(C)(C)C. The summed E-state index contributed by atoms with van der Waals surface area (Å²) in [6, 6.07) is 10.3. The van der Waals surface area contributed by atoms with Gasteiger partial charge in [-0.15, -0.1) is 0 Å². The van der Waals surface area contributed by atoms with Crippen LogP contribution in [0, 0.1) is 17.8 Å². The fourth-order valence-corrected chi connectivity index (χ4v) is 1.81. The summed E-state index contributed by atoms with van der Waals surface area (Å²) in [5, 5.41) is 0. The molecule has 0 fully saturated rings. The smallest absolute Gasteiger partial charge is 0.0422 e. The molecule has 1 rings (SSSR count). The molecule has 1 aromatic carbocycles. The molecule has 1 unspecified atom stereocenters. The van der Waals surface area contributed by atoms with Gasteiger partial charge in [0.05, 0.1) is 0 Å². The predicted molar refractivity (Wildman–Crippen MR) is 76.4 cm³/mol. The molecular weight excluding hydrogens is 206 g/mol. The molecule has 1 radical (unpaired) electrons. The molecular formula is C16H24N. The van der Waals surface area contributed by atoms with Crippen LogP contribution in [0.2, 0.25) is 0 Å². The number of hydrogen-bond acceptors (Lipinski definition) is 1. The summed E-state index contributed by atoms with van der Waals surface area (Å²) in [5.74, 6) is 0.618. The Balaban J connectivity index is 2.55. The second-order valence-corrected chi connectivity index (χ2v) is 5.61. The molecule has 93 valence electrons. The molecule has 0 aliphatic rings. The van der Waals surface area contributed by atoms with Crippen LogP contribution in [0.1, 0.15) is 39.7 Å². The molecule has 0 spiro atoms. The van der Waals surface area contributed by atoms with Gasteiger partial charge in [-0.05, 0) is 29.7 Å². The van der Waals surface area contributed by atoms with Crippen molar-refractivity contribution in [3.8, 4) is 0 Å². The molecule has 17 heavy (non-hydrogen) atoms. The Kier molecular flexibility index (Phi) is 5.40. The minimum atomic E-state index is 0.320. The fourth-order valence-electron chi connectivity index (χ4n) is 1.81. The van der Waals surface area contributed by atoms with Crippen molar-refractivity contribution < 1.29 is 0 Å². The second kappa shape index (κ2) is 6.58. The first-order chi connectivity index (χ1) is 8.04. The van der Waals surface area contributed by atoms with E-state index < -0.39 is 0 Å². The topological polar surface area (TPSA) is 12.4 Å². The van der Waals surface area contributed by atoms with E-state index in [-0.39, 0.29) is 0 Å². The van der Waals surface area contributed by atoms with E-state index in [2.05, 4.69) is 51.2 Å². The number of aliphatic imine (C=N–C) groups is 1. The lowest BCUT2D eigenvalue weighted by Gasteiger charge is -2.29. The first-order valence-electron chi connectivity index (χ1n) is 6.36. The lowest BCUT2D eigenvalue weighted by molar-refractivity contribution is 0.245. The van der Waals surface area contributed by atoms with E-state index >= 15 is 0 Å². The first kappa shape index (κ1) is 14.0. The number of benzene rings is 1. The van der Waals surface area contributed by atoms with Crippen LogP contribution in [0.25, 0.3) is 0 Å². The molecule has 0 aromatic heterocycles. The summed E-state index contributed by atoms with van der Waals surface area (Å²) in [6.45, 7) is 9.90. The van der Waals surface area contributed by atoms with Crippen LogP contribution in [-0.2, 0) is 0 Å². The fraction of sp³-hybridized carbons (Fsp3) is 0.500. The molecule has 0 aliphatic carbocycles. The van der Waals surface area contributed by atoms with E-state index in [9.17, 15) is 0 Å². The van der Waals surface area contributed by atoms with Gasteiger partial charge in [0.2, 0.25) is 0 Å². The quantitative estimate of drug-likeness (QED) is 0.666. The summed E-state index contributed by atoms with van der Waals surface area (Å²) in [5.41, 5.74) is 1.50. The van der Waals surface area contributed by atoms with Gasteiger partial charge in [-0.2, -0.15) is 0 Å². The van der Waals surface area contributed by atoms with Crippen molar-refractivity contribution in [1.29, 1.82) is 0 Å². The number of nitrogens with zero attached hydrogens (tertiary/aromatic N) is 1. The minimum Gasteiger partial charge on any atom is -0.292 e. The van der Waals surface area contributed by atoms with E-state index in [4.69, 9.17) is 0 Å². The molecule has 1 nitrogen and oxygen atoms in total. The Morgan fingerprint density at radius 1 is 1.18 bits per heavy atom. The minimum absolute atomic E-state index is 0.320. The molecule has 0 aliphatic heterocycles. The van der Waals surface area contributed by atoms with Gasteiger partial charge in [0, 0.05) is 12.8 Å². The summed E-state index contributed by atoms with van der Waals surface area (Å²) in [4.78, 5) is 4.58. The zero-order valence-corrected chi connectivity index (χ0v) is 11.5. The second-order valence-electron chi connectivity index (χ2n) is 5.61. The Bertz CT molecular complexity index is 332. The monoisotopic (exact) mass is 230 g/mol. The largest absolute Gasteiger partial charge is 0.292 e. The van der Waals surface area contributed by atoms with Crippen molar-refractivity contribution in [1.82, 2.24) is 0 Å². The van der Waals surface area contributed by atoms with Crippen LogP contribution in [-0.4, -0.2) is 12.8 Å². The molecule has 0 amide bonds. The summed E-state index contributed by atoms with van der Waals surface area (Å²) in [6.07, 6.45) is 5.36. The Hall–Kier alpha value is -1.11. The van der Waals surface area contributed by atoms with Gasteiger partial charge < -0.3 is 0 Å². The van der Waals surface area contributed by atoms with Gasteiger partial charge in [-0.3, -0.25) is 4.99 Å². The maximum Gasteiger partial charge on any atom is 0.0422 e. The lowest BCUT2D eigenvalue weighted by atomic mass is 9.78. The standard InChI is InChI=1S/C16H24N/c1-5-9-15(16(2,3)4)13-17-12-14-10-7-6-8-11-14/h5-8,10-12,15H,9,13H2,1-4H3. The zero-order chi connectivity index (χ0) is 12.7. The maximum absolute atomic E-state index is 4.58. The molecule has 0 saturated heterocycles. The van der Waals surface area contributed by atoms with E-state index in [0.717, 1.165) is 13.0 Å². The molecule has 0 saturated carbocycles. The van der Waals surface area contributed by atoms with Crippen LogP contribution in [0.15, 0.2) is 35.3 Å². The van der Waals surface area contributed by atoms with Crippen LogP contribution in [0.5, 0.6) is 0 Å². The van der Waals surface area contributed by atoms with E-state index in [1.54, 1.807) is 0 Å². The lowest BCUT2D eigenvalue weighted by Crippen LogP contribution is -2.23. The van der Waals surface area contributed by atoms with Gasteiger partial charge in [0.1, 0.15) is 0 Å². The Morgan fingerprint density at radius 2 is 1.82 bits per heavy atom. The van der Waals surface area contributed by atoms with Gasteiger partial charge in [-0.25, -0.2) is 0 Å². The summed E-state index contributed by atoms with van der Waals surface area (Å²) >= 11 is 0. The van der Waals surface area contributed by atoms with E-state index in [1.807, 2.05) is 24.4 Å².